The van der Waals surface area contributed by atoms with Gasteiger partial charge in [0.1, 0.15) is 12.4 Å². The van der Waals surface area contributed by atoms with Crippen LogP contribution in [0.2, 0.25) is 0 Å². The normalized spacial score (nSPS) is 12.1. The van der Waals surface area contributed by atoms with Crippen molar-refractivity contribution in [2.45, 2.75) is 26.7 Å². The molecular weight excluding hydrogens is 204 g/mol. The van der Waals surface area contributed by atoms with Gasteiger partial charge in [-0.3, -0.25) is 4.79 Å². The standard InChI is InChI=1S/C13H18O3/c1-3-6-11(13(14)15)9-16-12-8-5-4-7-10(12)2/h4-5,7-8,11H,3,6,9H2,1-2H3,(H,14,15). The Labute approximate surface area is 96.1 Å². The maximum atomic E-state index is 10.9. The Hall–Kier alpha value is -1.51. The second kappa shape index (κ2) is 6.16. The minimum atomic E-state index is -0.782. The molecule has 0 saturated carbocycles. The summed E-state index contributed by atoms with van der Waals surface area (Å²) in [5.74, 6) is -0.426. The topological polar surface area (TPSA) is 46.5 Å². The van der Waals surface area contributed by atoms with Gasteiger partial charge >= 0.3 is 5.97 Å². The average molecular weight is 222 g/mol. The molecule has 1 aromatic carbocycles. The molecule has 1 atom stereocenters. The van der Waals surface area contributed by atoms with E-state index in [9.17, 15) is 4.79 Å². The number of carboxylic acid groups (broad SMARTS) is 1. The third-order valence-corrected chi connectivity index (χ3v) is 2.52. The van der Waals surface area contributed by atoms with Gasteiger partial charge in [-0.1, -0.05) is 31.5 Å². The number of rotatable bonds is 6. The smallest absolute Gasteiger partial charge is 0.309 e. The molecule has 0 aromatic heterocycles. The van der Waals surface area contributed by atoms with E-state index >= 15 is 0 Å². The van der Waals surface area contributed by atoms with Crippen molar-refractivity contribution in [3.8, 4) is 5.75 Å². The molecular formula is C13H18O3. The van der Waals surface area contributed by atoms with Crippen molar-refractivity contribution in [2.75, 3.05) is 6.61 Å². The van der Waals surface area contributed by atoms with Gasteiger partial charge in [-0.25, -0.2) is 0 Å². The first-order valence-corrected chi connectivity index (χ1v) is 5.56. The molecule has 0 saturated heterocycles. The quantitative estimate of drug-likeness (QED) is 0.805. The zero-order valence-electron chi connectivity index (χ0n) is 9.77. The molecule has 1 N–H and O–H groups in total. The summed E-state index contributed by atoms with van der Waals surface area (Å²) < 4.78 is 5.53. The zero-order valence-corrected chi connectivity index (χ0v) is 9.77. The number of aryl methyl sites for hydroxylation is 1. The van der Waals surface area contributed by atoms with Crippen molar-refractivity contribution in [2.24, 2.45) is 5.92 Å². The minimum Gasteiger partial charge on any atom is -0.492 e. The molecule has 3 heteroatoms. The molecule has 0 aliphatic carbocycles. The summed E-state index contributed by atoms with van der Waals surface area (Å²) in [5, 5.41) is 8.97. The fraction of sp³-hybridized carbons (Fsp3) is 0.462. The summed E-state index contributed by atoms with van der Waals surface area (Å²) in [5.41, 5.74) is 1.03. The third-order valence-electron chi connectivity index (χ3n) is 2.52. The van der Waals surface area contributed by atoms with Crippen LogP contribution in [0.3, 0.4) is 0 Å². The van der Waals surface area contributed by atoms with Gasteiger partial charge in [0.25, 0.3) is 0 Å². The van der Waals surface area contributed by atoms with Crippen molar-refractivity contribution in [3.63, 3.8) is 0 Å². The number of hydrogen-bond donors (Lipinski definition) is 1. The summed E-state index contributed by atoms with van der Waals surface area (Å²) in [7, 11) is 0. The van der Waals surface area contributed by atoms with E-state index in [0.717, 1.165) is 17.7 Å². The highest BCUT2D eigenvalue weighted by Crippen LogP contribution is 2.18. The highest BCUT2D eigenvalue weighted by atomic mass is 16.5. The Morgan fingerprint density at radius 3 is 2.69 bits per heavy atom. The second-order valence-electron chi connectivity index (χ2n) is 3.90. The van der Waals surface area contributed by atoms with E-state index in [1.54, 1.807) is 0 Å². The number of para-hydroxylation sites is 1. The molecule has 0 aliphatic heterocycles. The van der Waals surface area contributed by atoms with E-state index < -0.39 is 11.9 Å². The van der Waals surface area contributed by atoms with Crippen LogP contribution in [0, 0.1) is 12.8 Å². The summed E-state index contributed by atoms with van der Waals surface area (Å²) in [4.78, 5) is 10.9. The van der Waals surface area contributed by atoms with Crippen LogP contribution in [0.1, 0.15) is 25.3 Å². The molecule has 0 aliphatic rings. The van der Waals surface area contributed by atoms with Crippen molar-refractivity contribution in [3.05, 3.63) is 29.8 Å². The van der Waals surface area contributed by atoms with Gasteiger partial charge < -0.3 is 9.84 Å². The lowest BCUT2D eigenvalue weighted by molar-refractivity contribution is -0.143. The molecule has 0 bridgehead atoms. The zero-order chi connectivity index (χ0) is 12.0. The first kappa shape index (κ1) is 12.6. The van der Waals surface area contributed by atoms with Crippen LogP contribution in [0.4, 0.5) is 0 Å². The van der Waals surface area contributed by atoms with Crippen LogP contribution in [-0.2, 0) is 4.79 Å². The number of carbonyl (C=O) groups is 1. The summed E-state index contributed by atoms with van der Waals surface area (Å²) in [6.45, 7) is 4.17. The number of hydrogen-bond acceptors (Lipinski definition) is 2. The molecule has 0 amide bonds. The van der Waals surface area contributed by atoms with E-state index in [4.69, 9.17) is 9.84 Å². The highest BCUT2D eigenvalue weighted by Gasteiger charge is 2.17. The molecule has 0 heterocycles. The fourth-order valence-electron chi connectivity index (χ4n) is 1.54. The van der Waals surface area contributed by atoms with Gasteiger partial charge in [-0.15, -0.1) is 0 Å². The summed E-state index contributed by atoms with van der Waals surface area (Å²) in [6.07, 6.45) is 1.51. The second-order valence-corrected chi connectivity index (χ2v) is 3.90. The summed E-state index contributed by atoms with van der Waals surface area (Å²) in [6, 6.07) is 7.63. The molecule has 3 nitrogen and oxygen atoms in total. The predicted octanol–water partition coefficient (Wildman–Crippen LogP) is 2.87. The predicted molar refractivity (Wildman–Crippen MR) is 62.7 cm³/mol. The van der Waals surface area contributed by atoms with E-state index in [2.05, 4.69) is 0 Å². The number of carboxylic acids is 1. The first-order valence-electron chi connectivity index (χ1n) is 5.56. The van der Waals surface area contributed by atoms with Crippen molar-refractivity contribution >= 4 is 5.97 Å². The van der Waals surface area contributed by atoms with Crippen LogP contribution in [0.5, 0.6) is 5.75 Å². The van der Waals surface area contributed by atoms with Gasteiger partial charge in [-0.2, -0.15) is 0 Å². The SMILES string of the molecule is CCCC(COc1ccccc1C)C(=O)O. The van der Waals surface area contributed by atoms with Gasteiger partial charge in [0.15, 0.2) is 0 Å². The van der Waals surface area contributed by atoms with Crippen molar-refractivity contribution < 1.29 is 14.6 Å². The van der Waals surface area contributed by atoms with E-state index in [1.807, 2.05) is 38.1 Å². The van der Waals surface area contributed by atoms with Gasteiger partial charge in [0, 0.05) is 0 Å². The Kier molecular flexibility index (Phi) is 4.83. The average Bonchev–Trinajstić information content (AvgIpc) is 2.26. The number of benzene rings is 1. The largest absolute Gasteiger partial charge is 0.492 e. The van der Waals surface area contributed by atoms with Crippen molar-refractivity contribution in [1.82, 2.24) is 0 Å². The fourth-order valence-corrected chi connectivity index (χ4v) is 1.54. The van der Waals surface area contributed by atoms with Gasteiger partial charge in [0.2, 0.25) is 0 Å². The third kappa shape index (κ3) is 3.57. The lowest BCUT2D eigenvalue weighted by Gasteiger charge is -2.14. The maximum absolute atomic E-state index is 10.9. The van der Waals surface area contributed by atoms with Gasteiger partial charge in [-0.05, 0) is 25.0 Å². The highest BCUT2D eigenvalue weighted by molar-refractivity contribution is 5.70. The molecule has 1 unspecified atom stereocenters. The van der Waals surface area contributed by atoms with E-state index in [1.165, 1.54) is 0 Å². The summed E-state index contributed by atoms with van der Waals surface area (Å²) >= 11 is 0. The molecule has 1 aromatic rings. The minimum absolute atomic E-state index is 0.244. The van der Waals surface area contributed by atoms with Crippen LogP contribution < -0.4 is 4.74 Å². The molecule has 0 spiro atoms. The van der Waals surface area contributed by atoms with Crippen LogP contribution in [0.15, 0.2) is 24.3 Å². The Bertz CT molecular complexity index is 347. The van der Waals surface area contributed by atoms with E-state index in [0.29, 0.717) is 6.42 Å². The van der Waals surface area contributed by atoms with Crippen LogP contribution in [-0.4, -0.2) is 17.7 Å². The molecule has 0 radical (unpaired) electrons. The first-order chi connectivity index (χ1) is 7.65. The van der Waals surface area contributed by atoms with Crippen LogP contribution in [0.25, 0.3) is 0 Å². The Morgan fingerprint density at radius 2 is 2.12 bits per heavy atom. The molecule has 88 valence electrons. The lowest BCUT2D eigenvalue weighted by Crippen LogP contribution is -2.21. The molecule has 16 heavy (non-hydrogen) atoms. The van der Waals surface area contributed by atoms with Crippen molar-refractivity contribution in [1.29, 1.82) is 0 Å². The Balaban J connectivity index is 2.55. The number of aliphatic carboxylic acids is 1. The molecule has 0 fully saturated rings. The Morgan fingerprint density at radius 1 is 1.44 bits per heavy atom. The monoisotopic (exact) mass is 222 g/mol. The van der Waals surface area contributed by atoms with Crippen LogP contribution >= 0.6 is 0 Å². The van der Waals surface area contributed by atoms with E-state index in [-0.39, 0.29) is 6.61 Å². The lowest BCUT2D eigenvalue weighted by atomic mass is 10.1. The van der Waals surface area contributed by atoms with Gasteiger partial charge in [0.05, 0.1) is 5.92 Å². The maximum Gasteiger partial charge on any atom is 0.309 e. The number of ether oxygens (including phenoxy) is 1. The molecule has 1 rings (SSSR count).